The van der Waals surface area contributed by atoms with E-state index in [-0.39, 0.29) is 17.5 Å². The maximum absolute atomic E-state index is 11.0. The lowest BCUT2D eigenvalue weighted by Crippen LogP contribution is -2.04. The van der Waals surface area contributed by atoms with Crippen LogP contribution in [0.25, 0.3) is 10.9 Å². The van der Waals surface area contributed by atoms with E-state index >= 15 is 0 Å². The van der Waals surface area contributed by atoms with Gasteiger partial charge in [-0.25, -0.2) is 4.98 Å². The first-order valence-electron chi connectivity index (χ1n) is 6.03. The number of hydrogen-bond donors (Lipinski definition) is 2. The first-order valence-corrected chi connectivity index (χ1v) is 6.03. The maximum Gasteiger partial charge on any atom is 0.329 e. The zero-order chi connectivity index (χ0) is 14.8. The van der Waals surface area contributed by atoms with Crippen LogP contribution in [0.2, 0.25) is 0 Å². The third-order valence-electron chi connectivity index (χ3n) is 2.88. The predicted octanol–water partition coefficient (Wildman–Crippen LogP) is 2.26. The van der Waals surface area contributed by atoms with Gasteiger partial charge in [0, 0.05) is 17.3 Å². The van der Waals surface area contributed by atoms with Crippen LogP contribution in [0.1, 0.15) is 0 Å². The van der Waals surface area contributed by atoms with Crippen LogP contribution in [-0.2, 0) is 0 Å². The van der Waals surface area contributed by atoms with Crippen LogP contribution in [0, 0.1) is 10.1 Å². The molecule has 0 unspecified atom stereocenters. The Bertz CT molecular complexity index is 831. The molecule has 0 aliphatic carbocycles. The SMILES string of the molecule is Nc1ncc([N+](=O)[O-])c(Nc2cccc3ncccc23)n1. The van der Waals surface area contributed by atoms with Gasteiger partial charge in [0.25, 0.3) is 0 Å². The quantitative estimate of drug-likeness (QED) is 0.558. The van der Waals surface area contributed by atoms with Gasteiger partial charge in [-0.15, -0.1) is 0 Å². The molecule has 0 saturated heterocycles. The molecular weight excluding hydrogens is 272 g/mol. The average Bonchev–Trinajstić information content (AvgIpc) is 2.47. The van der Waals surface area contributed by atoms with Gasteiger partial charge in [-0.2, -0.15) is 4.98 Å². The van der Waals surface area contributed by atoms with Gasteiger partial charge in [-0.1, -0.05) is 6.07 Å². The fourth-order valence-corrected chi connectivity index (χ4v) is 1.95. The Kier molecular flexibility index (Phi) is 3.03. The molecule has 0 aliphatic rings. The molecule has 3 rings (SSSR count). The molecule has 2 heterocycles. The Morgan fingerprint density at radius 2 is 2.05 bits per heavy atom. The second-order valence-electron chi connectivity index (χ2n) is 4.22. The molecule has 1 aromatic carbocycles. The number of nitrogens with zero attached hydrogens (tertiary/aromatic N) is 4. The second-order valence-corrected chi connectivity index (χ2v) is 4.22. The van der Waals surface area contributed by atoms with Gasteiger partial charge in [0.2, 0.25) is 11.8 Å². The standard InChI is InChI=1S/C13H10N6O2/c14-13-16-7-11(19(20)21)12(18-13)17-10-5-1-4-9-8(10)3-2-6-15-9/h1-7H,(H3,14,16,17,18). The highest BCUT2D eigenvalue weighted by Gasteiger charge is 2.17. The monoisotopic (exact) mass is 282 g/mol. The van der Waals surface area contributed by atoms with E-state index in [0.29, 0.717) is 5.69 Å². The van der Waals surface area contributed by atoms with Crippen molar-refractivity contribution in [3.05, 3.63) is 52.8 Å². The number of fused-ring (bicyclic) bond motifs is 1. The van der Waals surface area contributed by atoms with Gasteiger partial charge >= 0.3 is 5.69 Å². The Balaban J connectivity index is 2.11. The summed E-state index contributed by atoms with van der Waals surface area (Å²) in [6, 6.07) is 9.08. The zero-order valence-electron chi connectivity index (χ0n) is 10.7. The van der Waals surface area contributed by atoms with Gasteiger partial charge in [0.1, 0.15) is 6.20 Å². The summed E-state index contributed by atoms with van der Waals surface area (Å²) in [7, 11) is 0. The molecule has 0 spiro atoms. The number of anilines is 3. The molecule has 8 heteroatoms. The topological polar surface area (TPSA) is 120 Å². The minimum Gasteiger partial charge on any atom is -0.368 e. The fraction of sp³-hybridized carbons (Fsp3) is 0. The summed E-state index contributed by atoms with van der Waals surface area (Å²) in [5.41, 5.74) is 6.68. The number of nitrogens with two attached hydrogens (primary N) is 1. The first-order chi connectivity index (χ1) is 10.1. The highest BCUT2D eigenvalue weighted by atomic mass is 16.6. The highest BCUT2D eigenvalue weighted by Crippen LogP contribution is 2.29. The summed E-state index contributed by atoms with van der Waals surface area (Å²) >= 11 is 0. The van der Waals surface area contributed by atoms with Gasteiger partial charge < -0.3 is 11.1 Å². The van der Waals surface area contributed by atoms with Crippen molar-refractivity contribution in [3.8, 4) is 0 Å². The van der Waals surface area contributed by atoms with Crippen molar-refractivity contribution in [2.75, 3.05) is 11.1 Å². The lowest BCUT2D eigenvalue weighted by atomic mass is 10.2. The van der Waals surface area contributed by atoms with Crippen molar-refractivity contribution in [1.29, 1.82) is 0 Å². The molecule has 3 N–H and O–H groups in total. The van der Waals surface area contributed by atoms with E-state index < -0.39 is 4.92 Å². The molecule has 0 radical (unpaired) electrons. The summed E-state index contributed by atoms with van der Waals surface area (Å²) in [5, 5.41) is 14.8. The third kappa shape index (κ3) is 2.41. The summed E-state index contributed by atoms with van der Waals surface area (Å²) in [6.45, 7) is 0. The second kappa shape index (κ2) is 5.00. The van der Waals surface area contributed by atoms with Crippen LogP contribution in [0.3, 0.4) is 0 Å². The molecule has 0 bridgehead atoms. The van der Waals surface area contributed by atoms with Crippen LogP contribution in [-0.4, -0.2) is 19.9 Å². The number of aromatic nitrogens is 3. The molecule has 21 heavy (non-hydrogen) atoms. The van der Waals surface area contributed by atoms with E-state index in [1.165, 1.54) is 0 Å². The number of nitrogen functional groups attached to an aromatic ring is 1. The summed E-state index contributed by atoms with van der Waals surface area (Å²) in [5.74, 6) is 0.00492. The Labute approximate surface area is 118 Å². The molecule has 3 aromatic rings. The van der Waals surface area contributed by atoms with Crippen molar-refractivity contribution in [1.82, 2.24) is 15.0 Å². The van der Waals surface area contributed by atoms with Crippen LogP contribution in [0.15, 0.2) is 42.7 Å². The van der Waals surface area contributed by atoms with E-state index in [2.05, 4.69) is 20.3 Å². The summed E-state index contributed by atoms with van der Waals surface area (Å²) in [6.07, 6.45) is 2.76. The molecule has 2 aromatic heterocycles. The Morgan fingerprint density at radius 1 is 1.19 bits per heavy atom. The molecule has 0 amide bonds. The largest absolute Gasteiger partial charge is 0.368 e. The van der Waals surface area contributed by atoms with Crippen molar-refractivity contribution in [3.63, 3.8) is 0 Å². The maximum atomic E-state index is 11.0. The van der Waals surface area contributed by atoms with Gasteiger partial charge in [0.15, 0.2) is 0 Å². The minimum absolute atomic E-state index is 0.0403. The number of hydrogen-bond acceptors (Lipinski definition) is 7. The highest BCUT2D eigenvalue weighted by molar-refractivity contribution is 5.93. The van der Waals surface area contributed by atoms with E-state index in [1.54, 1.807) is 24.4 Å². The predicted molar refractivity (Wildman–Crippen MR) is 78.1 cm³/mol. The zero-order valence-corrected chi connectivity index (χ0v) is 10.7. The van der Waals surface area contributed by atoms with Crippen LogP contribution >= 0.6 is 0 Å². The number of nitro groups is 1. The van der Waals surface area contributed by atoms with Crippen molar-refractivity contribution >= 4 is 34.0 Å². The van der Waals surface area contributed by atoms with Crippen LogP contribution in [0.4, 0.5) is 23.1 Å². The van der Waals surface area contributed by atoms with E-state index in [0.717, 1.165) is 17.1 Å². The third-order valence-corrected chi connectivity index (χ3v) is 2.88. The normalized spacial score (nSPS) is 10.5. The molecule has 104 valence electrons. The average molecular weight is 282 g/mol. The molecule has 8 nitrogen and oxygen atoms in total. The Hall–Kier alpha value is -3.29. The van der Waals surface area contributed by atoms with Crippen molar-refractivity contribution in [2.24, 2.45) is 0 Å². The van der Waals surface area contributed by atoms with E-state index in [1.807, 2.05) is 12.1 Å². The molecule has 0 fully saturated rings. The van der Waals surface area contributed by atoms with Crippen molar-refractivity contribution < 1.29 is 4.92 Å². The van der Waals surface area contributed by atoms with Crippen molar-refractivity contribution in [2.45, 2.75) is 0 Å². The van der Waals surface area contributed by atoms with Crippen LogP contribution < -0.4 is 11.1 Å². The van der Waals surface area contributed by atoms with Gasteiger partial charge in [-0.05, 0) is 24.3 Å². The summed E-state index contributed by atoms with van der Waals surface area (Å²) in [4.78, 5) is 22.2. The smallest absolute Gasteiger partial charge is 0.329 e. The lowest BCUT2D eigenvalue weighted by molar-refractivity contribution is -0.384. The number of benzene rings is 1. The van der Waals surface area contributed by atoms with Gasteiger partial charge in [-0.3, -0.25) is 15.1 Å². The lowest BCUT2D eigenvalue weighted by Gasteiger charge is -2.09. The first kappa shape index (κ1) is 12.7. The molecule has 0 aliphatic heterocycles. The number of rotatable bonds is 3. The van der Waals surface area contributed by atoms with Gasteiger partial charge in [0.05, 0.1) is 10.4 Å². The minimum atomic E-state index is -0.564. The molecular formula is C13H10N6O2. The number of pyridine rings is 1. The van der Waals surface area contributed by atoms with Crippen LogP contribution in [0.5, 0.6) is 0 Å². The van der Waals surface area contributed by atoms with E-state index in [9.17, 15) is 10.1 Å². The summed E-state index contributed by atoms with van der Waals surface area (Å²) < 4.78 is 0. The van der Waals surface area contributed by atoms with E-state index in [4.69, 9.17) is 5.73 Å². The number of nitrogens with one attached hydrogen (secondary N) is 1. The molecule has 0 atom stereocenters. The fourth-order valence-electron chi connectivity index (χ4n) is 1.95. The molecule has 0 saturated carbocycles. The Morgan fingerprint density at radius 3 is 2.86 bits per heavy atom.